The summed E-state index contributed by atoms with van der Waals surface area (Å²) in [5.41, 5.74) is 0.600. The Hall–Kier alpha value is -0.470. The van der Waals surface area contributed by atoms with E-state index in [0.29, 0.717) is 15.8 Å². The highest BCUT2D eigenvalue weighted by Crippen LogP contribution is 2.29. The van der Waals surface area contributed by atoms with Gasteiger partial charge in [0, 0.05) is 15.7 Å². The van der Waals surface area contributed by atoms with Crippen LogP contribution in [-0.4, -0.2) is 11.5 Å². The lowest BCUT2D eigenvalue weighted by Crippen LogP contribution is -1.91. The maximum atomic E-state index is 10.7. The number of benzene rings is 1. The van der Waals surface area contributed by atoms with Crippen molar-refractivity contribution in [2.24, 2.45) is 0 Å². The monoisotopic (exact) mass is 214 g/mol. The zero-order valence-corrected chi connectivity index (χ0v) is 9.15. The Morgan fingerprint density at radius 1 is 1.46 bits per heavy atom. The van der Waals surface area contributed by atoms with E-state index in [-0.39, 0.29) is 0 Å². The molecule has 0 fully saturated rings. The molecule has 0 heterocycles. The van der Waals surface area contributed by atoms with Crippen molar-refractivity contribution in [3.05, 3.63) is 28.8 Å². The third-order valence-electron chi connectivity index (χ3n) is 1.49. The average molecular weight is 215 g/mol. The van der Waals surface area contributed by atoms with Crippen LogP contribution in [0.5, 0.6) is 0 Å². The van der Waals surface area contributed by atoms with E-state index >= 15 is 0 Å². The van der Waals surface area contributed by atoms with Crippen molar-refractivity contribution in [1.29, 1.82) is 0 Å². The molecule has 0 amide bonds. The summed E-state index contributed by atoms with van der Waals surface area (Å²) < 4.78 is 0. The van der Waals surface area contributed by atoms with Gasteiger partial charge in [-0.3, -0.25) is 4.79 Å². The number of thioether (sulfide) groups is 1. The number of hydrogen-bond acceptors (Lipinski definition) is 2. The van der Waals surface area contributed by atoms with Gasteiger partial charge in [-0.1, -0.05) is 31.5 Å². The molecule has 3 heteroatoms. The van der Waals surface area contributed by atoms with Gasteiger partial charge in [-0.05, 0) is 12.1 Å². The van der Waals surface area contributed by atoms with Crippen molar-refractivity contribution in [1.82, 2.24) is 0 Å². The molecule has 1 nitrogen and oxygen atoms in total. The van der Waals surface area contributed by atoms with Gasteiger partial charge in [0.05, 0.1) is 5.02 Å². The van der Waals surface area contributed by atoms with Gasteiger partial charge in [0.15, 0.2) is 6.29 Å². The van der Waals surface area contributed by atoms with Crippen LogP contribution in [0.1, 0.15) is 24.2 Å². The zero-order chi connectivity index (χ0) is 9.84. The quantitative estimate of drug-likeness (QED) is 0.564. The molecule has 1 aromatic rings. The molecule has 70 valence electrons. The Balaban J connectivity index is 3.05. The third kappa shape index (κ3) is 2.75. The smallest absolute Gasteiger partial charge is 0.152 e. The zero-order valence-electron chi connectivity index (χ0n) is 7.58. The van der Waals surface area contributed by atoms with Crippen molar-refractivity contribution in [2.75, 3.05) is 0 Å². The average Bonchev–Trinajstić information content (AvgIpc) is 2.03. The fraction of sp³-hybridized carbons (Fsp3) is 0.300. The predicted molar refractivity (Wildman–Crippen MR) is 57.8 cm³/mol. The van der Waals surface area contributed by atoms with E-state index in [9.17, 15) is 4.79 Å². The van der Waals surface area contributed by atoms with Gasteiger partial charge in [0.1, 0.15) is 0 Å². The summed E-state index contributed by atoms with van der Waals surface area (Å²) >= 11 is 7.52. The molecule has 0 unspecified atom stereocenters. The Morgan fingerprint density at radius 3 is 2.69 bits per heavy atom. The molecule has 0 radical (unpaired) electrons. The SMILES string of the molecule is CC(C)Sc1cccc(Cl)c1C=O. The second-order valence-corrected chi connectivity index (χ2v) is 4.96. The standard InChI is InChI=1S/C10H11ClOS/c1-7(2)13-10-5-3-4-9(11)8(10)6-12/h3-7H,1-2H3. The summed E-state index contributed by atoms with van der Waals surface area (Å²) in [6.45, 7) is 4.17. The lowest BCUT2D eigenvalue weighted by atomic mass is 10.2. The first-order valence-electron chi connectivity index (χ1n) is 4.05. The molecule has 0 spiro atoms. The van der Waals surface area contributed by atoms with E-state index in [0.717, 1.165) is 11.2 Å². The largest absolute Gasteiger partial charge is 0.298 e. The van der Waals surface area contributed by atoms with Crippen LogP contribution in [0.2, 0.25) is 5.02 Å². The van der Waals surface area contributed by atoms with Gasteiger partial charge in [-0.25, -0.2) is 0 Å². The molecule has 0 aliphatic rings. The van der Waals surface area contributed by atoms with Crippen LogP contribution in [0.4, 0.5) is 0 Å². The maximum absolute atomic E-state index is 10.7. The Labute approximate surface area is 87.5 Å². The minimum Gasteiger partial charge on any atom is -0.298 e. The summed E-state index contributed by atoms with van der Waals surface area (Å²) in [6.07, 6.45) is 0.813. The van der Waals surface area contributed by atoms with E-state index in [1.807, 2.05) is 12.1 Å². The number of halogens is 1. The highest BCUT2D eigenvalue weighted by molar-refractivity contribution is 8.00. The van der Waals surface area contributed by atoms with Crippen LogP contribution in [0.25, 0.3) is 0 Å². The van der Waals surface area contributed by atoms with Gasteiger partial charge in [-0.15, -0.1) is 11.8 Å². The minimum absolute atomic E-state index is 0.456. The lowest BCUT2D eigenvalue weighted by Gasteiger charge is -2.07. The van der Waals surface area contributed by atoms with E-state index in [2.05, 4.69) is 13.8 Å². The lowest BCUT2D eigenvalue weighted by molar-refractivity contribution is 0.112. The Kier molecular flexibility index (Phi) is 3.82. The molecule has 1 aromatic carbocycles. The molecule has 0 saturated heterocycles. The van der Waals surface area contributed by atoms with Crippen LogP contribution in [-0.2, 0) is 0 Å². The topological polar surface area (TPSA) is 17.1 Å². The molecule has 13 heavy (non-hydrogen) atoms. The Morgan fingerprint density at radius 2 is 2.15 bits per heavy atom. The van der Waals surface area contributed by atoms with E-state index in [1.165, 1.54) is 0 Å². The van der Waals surface area contributed by atoms with Crippen molar-refractivity contribution in [3.8, 4) is 0 Å². The summed E-state index contributed by atoms with van der Waals surface area (Å²) in [7, 11) is 0. The highest BCUT2D eigenvalue weighted by atomic mass is 35.5. The van der Waals surface area contributed by atoms with Gasteiger partial charge in [-0.2, -0.15) is 0 Å². The summed E-state index contributed by atoms with van der Waals surface area (Å²) in [4.78, 5) is 11.7. The van der Waals surface area contributed by atoms with Crippen LogP contribution < -0.4 is 0 Å². The fourth-order valence-corrected chi connectivity index (χ4v) is 2.21. The van der Waals surface area contributed by atoms with Crippen molar-refractivity contribution in [2.45, 2.75) is 24.0 Å². The minimum atomic E-state index is 0.456. The highest BCUT2D eigenvalue weighted by Gasteiger charge is 2.07. The molecule has 0 aromatic heterocycles. The molecular formula is C10H11ClOS. The summed E-state index contributed by atoms with van der Waals surface area (Å²) in [5, 5.41) is 0.984. The summed E-state index contributed by atoms with van der Waals surface area (Å²) in [5.74, 6) is 0. The Bertz CT molecular complexity index is 310. The predicted octanol–water partition coefficient (Wildman–Crippen LogP) is 3.65. The van der Waals surface area contributed by atoms with Crippen LogP contribution >= 0.6 is 23.4 Å². The van der Waals surface area contributed by atoms with Gasteiger partial charge in [0.25, 0.3) is 0 Å². The summed E-state index contributed by atoms with van der Waals surface area (Å²) in [6, 6.07) is 5.51. The molecule has 1 rings (SSSR count). The van der Waals surface area contributed by atoms with Crippen LogP contribution in [0, 0.1) is 0 Å². The van der Waals surface area contributed by atoms with Crippen molar-refractivity contribution < 1.29 is 4.79 Å². The normalized spacial score (nSPS) is 10.5. The van der Waals surface area contributed by atoms with Gasteiger partial charge in [0.2, 0.25) is 0 Å². The molecule has 0 aliphatic heterocycles. The molecule has 0 bridgehead atoms. The van der Waals surface area contributed by atoms with Crippen LogP contribution in [0.3, 0.4) is 0 Å². The number of aldehydes is 1. The molecular weight excluding hydrogens is 204 g/mol. The number of hydrogen-bond donors (Lipinski definition) is 0. The molecule has 0 atom stereocenters. The third-order valence-corrected chi connectivity index (χ3v) is 2.90. The first-order chi connectivity index (χ1) is 6.15. The van der Waals surface area contributed by atoms with Gasteiger partial charge >= 0.3 is 0 Å². The second-order valence-electron chi connectivity index (χ2n) is 2.94. The number of carbonyl (C=O) groups excluding carboxylic acids is 1. The van der Waals surface area contributed by atoms with E-state index in [4.69, 9.17) is 11.6 Å². The molecule has 0 aliphatic carbocycles. The molecule has 0 N–H and O–H groups in total. The van der Waals surface area contributed by atoms with Gasteiger partial charge < -0.3 is 0 Å². The first-order valence-corrected chi connectivity index (χ1v) is 5.31. The van der Waals surface area contributed by atoms with Crippen molar-refractivity contribution >= 4 is 29.6 Å². The second kappa shape index (κ2) is 4.68. The van der Waals surface area contributed by atoms with E-state index < -0.39 is 0 Å². The first kappa shape index (κ1) is 10.6. The molecule has 0 saturated carbocycles. The van der Waals surface area contributed by atoms with Crippen molar-refractivity contribution in [3.63, 3.8) is 0 Å². The fourth-order valence-electron chi connectivity index (χ4n) is 0.988. The maximum Gasteiger partial charge on any atom is 0.152 e. The van der Waals surface area contributed by atoms with Crippen LogP contribution in [0.15, 0.2) is 23.1 Å². The van der Waals surface area contributed by atoms with E-state index in [1.54, 1.807) is 17.8 Å². The number of rotatable bonds is 3. The number of carbonyl (C=O) groups is 1.